The number of aromatic hydroxyl groups is 1. The normalized spacial score (nSPS) is 12.9. The number of phenols is 1. The summed E-state index contributed by atoms with van der Waals surface area (Å²) in [7, 11) is -25.7. The highest BCUT2D eigenvalue weighted by Gasteiger charge is 2.29. The number of benzene rings is 5. The molecule has 0 amide bonds. The van der Waals surface area contributed by atoms with Gasteiger partial charge in [0, 0.05) is 5.69 Å². The molecule has 1 heterocycles. The van der Waals surface area contributed by atoms with Gasteiger partial charge in [0.25, 0.3) is 50.6 Å². The highest BCUT2D eigenvalue weighted by molar-refractivity contribution is 7.87. The molecule has 0 aliphatic carbocycles. The van der Waals surface area contributed by atoms with Crippen molar-refractivity contribution in [2.75, 3.05) is 16.4 Å². The number of nitrogens with zero attached hydrogens (tertiary/aromatic N) is 7. The van der Waals surface area contributed by atoms with Crippen LogP contribution in [0.25, 0.3) is 10.8 Å². The largest absolute Gasteiger partial charge is 0.505 e. The van der Waals surface area contributed by atoms with Crippen molar-refractivity contribution >= 4 is 125 Å². The van der Waals surface area contributed by atoms with Gasteiger partial charge in [0.05, 0.1) is 16.8 Å². The van der Waals surface area contributed by atoms with Crippen molar-refractivity contribution in [3.8, 4) is 5.75 Å². The van der Waals surface area contributed by atoms with Crippen LogP contribution in [0.5, 0.6) is 5.75 Å². The molecular formula is C33H27ClN10O16S5. The van der Waals surface area contributed by atoms with Gasteiger partial charge in [-0.15, -0.1) is 20.5 Å². The number of nitrogens with one attached hydrogen (secondary N) is 2. The molecule has 0 radical (unpaired) electrons. The van der Waals surface area contributed by atoms with E-state index >= 15 is 0 Å². The van der Waals surface area contributed by atoms with E-state index in [9.17, 15) is 70.0 Å². The smallest absolute Gasteiger partial charge is 0.296 e. The van der Waals surface area contributed by atoms with Crippen LogP contribution in [0.4, 0.5) is 51.7 Å². The topological polar surface area (TPSA) is 430 Å². The molecule has 10 N–H and O–H groups in total. The minimum Gasteiger partial charge on any atom is -0.505 e. The molecule has 0 saturated carbocycles. The van der Waals surface area contributed by atoms with Crippen molar-refractivity contribution in [2.45, 2.75) is 38.3 Å². The Morgan fingerprint density at radius 1 is 0.538 bits per heavy atom. The molecular weight excluding hydrogens is 988 g/mol. The Labute approximate surface area is 371 Å². The third kappa shape index (κ3) is 10.8. The quantitative estimate of drug-likeness (QED) is 0.0356. The Bertz CT molecular complexity index is 3650. The number of aromatic nitrogens is 3. The van der Waals surface area contributed by atoms with Gasteiger partial charge in [0.1, 0.15) is 47.2 Å². The van der Waals surface area contributed by atoms with Gasteiger partial charge in [-0.2, -0.15) is 57.0 Å². The molecule has 0 fully saturated rings. The number of halogens is 1. The van der Waals surface area contributed by atoms with E-state index in [1.807, 2.05) is 0 Å². The van der Waals surface area contributed by atoms with E-state index in [0.717, 1.165) is 36.4 Å². The van der Waals surface area contributed by atoms with Gasteiger partial charge in [-0.1, -0.05) is 12.1 Å². The fourth-order valence-corrected chi connectivity index (χ4v) is 9.13. The van der Waals surface area contributed by atoms with Crippen molar-refractivity contribution in [1.29, 1.82) is 0 Å². The van der Waals surface area contributed by atoms with Gasteiger partial charge < -0.3 is 21.5 Å². The number of fused-ring (bicyclic) bond motifs is 1. The molecule has 5 aromatic carbocycles. The van der Waals surface area contributed by atoms with Crippen LogP contribution < -0.4 is 16.4 Å². The summed E-state index contributed by atoms with van der Waals surface area (Å²) in [6, 6.07) is 10.9. The summed E-state index contributed by atoms with van der Waals surface area (Å²) < 4.78 is 173. The fraction of sp³-hybridized carbons (Fsp3) is 0.0606. The Morgan fingerprint density at radius 3 is 1.52 bits per heavy atom. The SMILES string of the molecule is Cc1ccc(S(=O)(=O)O)c(N=Nc2c(S(=O)(=O)O)cc3cc(S(=O)(=O)O)c(N=Nc4cc(Nc5nc(Cl)nc(Nc6cc(C)ccc6S(=O)(=O)O)n5)ccc4S(=O)(=O)O)c(O)c3c2N)c1. The maximum Gasteiger partial charge on any atom is 0.296 e. The molecule has 0 aliphatic rings. The lowest BCUT2D eigenvalue weighted by Crippen LogP contribution is -2.08. The van der Waals surface area contributed by atoms with E-state index in [2.05, 4.69) is 46.0 Å². The third-order valence-corrected chi connectivity index (χ3v) is 13.2. The summed E-state index contributed by atoms with van der Waals surface area (Å²) in [6.07, 6.45) is 0. The maximum absolute atomic E-state index is 12.7. The lowest BCUT2D eigenvalue weighted by molar-refractivity contribution is 0.472. The minimum atomic E-state index is -5.48. The van der Waals surface area contributed by atoms with E-state index < -0.39 is 125 Å². The van der Waals surface area contributed by atoms with Crippen molar-refractivity contribution < 1.29 is 70.0 Å². The van der Waals surface area contributed by atoms with Gasteiger partial charge in [-0.3, -0.25) is 22.8 Å². The first-order valence-corrected chi connectivity index (χ1v) is 24.6. The zero-order valence-electron chi connectivity index (χ0n) is 32.2. The van der Waals surface area contributed by atoms with Gasteiger partial charge in [0.15, 0.2) is 5.75 Å². The molecule has 1 aromatic heterocycles. The van der Waals surface area contributed by atoms with Gasteiger partial charge in [-0.25, -0.2) is 0 Å². The standard InChI is InChI=1S/C33H27ClN10O16S5/c1-14-3-6-21(61(46,47)48)18(9-14)37-33-39-31(34)38-32(40-33)36-17-5-8-23(63(52,53)54)20(13-17)42-44-29-25(65(58,59)60)12-16-11-24(64(55,56)57)28(27(35)26(16)30(29)45)43-41-19-10-15(2)4-7-22(19)62(49,50)51/h3-13,45H,35H2,1-2H3,(H,46,47,48)(H,49,50,51)(H,52,53,54)(H,55,56,57)(H,58,59,60)(H2,36,37,38,39,40). The summed E-state index contributed by atoms with van der Waals surface area (Å²) in [5.74, 6) is -2.05. The maximum atomic E-state index is 12.7. The Morgan fingerprint density at radius 2 is 0.985 bits per heavy atom. The molecule has 0 aliphatic heterocycles. The first-order valence-electron chi connectivity index (χ1n) is 17.1. The monoisotopic (exact) mass is 1010 g/mol. The Hall–Kier alpha value is -6.39. The second-order valence-corrected chi connectivity index (χ2v) is 20.5. The summed E-state index contributed by atoms with van der Waals surface area (Å²) in [5, 5.41) is 29.6. The van der Waals surface area contributed by atoms with Crippen LogP contribution in [0.1, 0.15) is 11.1 Å². The van der Waals surface area contributed by atoms with Crippen molar-refractivity contribution in [1.82, 2.24) is 15.0 Å². The van der Waals surface area contributed by atoms with Gasteiger partial charge in [-0.05, 0) is 96.6 Å². The van der Waals surface area contributed by atoms with Crippen molar-refractivity contribution in [3.05, 3.63) is 83.1 Å². The Kier molecular flexibility index (Phi) is 12.7. The number of rotatable bonds is 13. The highest BCUT2D eigenvalue weighted by atomic mass is 35.5. The molecule has 0 spiro atoms. The number of aryl methyl sites for hydroxylation is 2. The zero-order valence-corrected chi connectivity index (χ0v) is 37.1. The molecule has 342 valence electrons. The summed E-state index contributed by atoms with van der Waals surface area (Å²) in [5.41, 5.74) is 2.44. The number of nitrogen functional groups attached to an aromatic ring is 1. The predicted octanol–water partition coefficient (Wildman–Crippen LogP) is 6.13. The number of hydrogen-bond donors (Lipinski definition) is 9. The highest BCUT2D eigenvalue weighted by Crippen LogP contribution is 2.49. The minimum absolute atomic E-state index is 0.158. The molecule has 26 nitrogen and oxygen atoms in total. The van der Waals surface area contributed by atoms with Crippen LogP contribution in [0.2, 0.25) is 5.28 Å². The fourth-order valence-electron chi connectivity index (χ4n) is 5.80. The summed E-state index contributed by atoms with van der Waals surface area (Å²) in [4.78, 5) is 7.01. The molecule has 0 bridgehead atoms. The average Bonchev–Trinajstić information content (AvgIpc) is 3.14. The molecule has 32 heteroatoms. The Balaban J connectivity index is 1.49. The zero-order chi connectivity index (χ0) is 48.2. The molecule has 65 heavy (non-hydrogen) atoms. The van der Waals surface area contributed by atoms with Crippen LogP contribution in [-0.2, 0) is 50.6 Å². The van der Waals surface area contributed by atoms with Crippen LogP contribution >= 0.6 is 11.6 Å². The number of azo groups is 2. The molecule has 6 aromatic rings. The number of anilines is 5. The third-order valence-electron chi connectivity index (χ3n) is 8.54. The predicted molar refractivity (Wildman–Crippen MR) is 228 cm³/mol. The van der Waals surface area contributed by atoms with E-state index in [0.29, 0.717) is 23.3 Å². The van der Waals surface area contributed by atoms with Crippen molar-refractivity contribution in [2.24, 2.45) is 20.5 Å². The molecule has 0 atom stereocenters. The average molecular weight is 1020 g/mol. The first-order chi connectivity index (χ1) is 29.9. The van der Waals surface area contributed by atoms with Crippen LogP contribution in [0, 0.1) is 13.8 Å². The summed E-state index contributed by atoms with van der Waals surface area (Å²) >= 11 is 6.07. The van der Waals surface area contributed by atoms with E-state index in [1.165, 1.54) is 25.1 Å². The van der Waals surface area contributed by atoms with E-state index in [1.54, 1.807) is 6.92 Å². The van der Waals surface area contributed by atoms with Gasteiger partial charge >= 0.3 is 0 Å². The lowest BCUT2D eigenvalue weighted by atomic mass is 10.1. The second kappa shape index (κ2) is 17.2. The number of phenolic OH excluding ortho intramolecular Hbond substituents is 1. The van der Waals surface area contributed by atoms with Crippen LogP contribution in [-0.4, -0.2) is 84.9 Å². The van der Waals surface area contributed by atoms with E-state index in [-0.39, 0.29) is 23.3 Å². The molecule has 0 unspecified atom stereocenters. The van der Waals surface area contributed by atoms with Crippen molar-refractivity contribution in [3.63, 3.8) is 0 Å². The molecule has 0 saturated heterocycles. The number of hydrogen-bond acceptors (Lipinski definition) is 21. The molecule has 6 rings (SSSR count). The first kappa shape index (κ1) is 48.1. The second-order valence-electron chi connectivity index (χ2n) is 13.2. The lowest BCUT2D eigenvalue weighted by Gasteiger charge is -2.14. The van der Waals surface area contributed by atoms with Crippen LogP contribution in [0.15, 0.2) is 112 Å². The van der Waals surface area contributed by atoms with E-state index in [4.69, 9.17) is 17.3 Å². The van der Waals surface area contributed by atoms with Crippen LogP contribution in [0.3, 0.4) is 0 Å². The summed E-state index contributed by atoms with van der Waals surface area (Å²) in [6.45, 7) is 3.11. The number of nitrogens with two attached hydrogens (primary N) is 1. The van der Waals surface area contributed by atoms with Gasteiger partial charge in [0.2, 0.25) is 17.2 Å².